The molecule has 1 fully saturated rings. The van der Waals surface area contributed by atoms with Gasteiger partial charge in [0.25, 0.3) is 0 Å². The molecule has 1 aromatic heterocycles. The summed E-state index contributed by atoms with van der Waals surface area (Å²) in [6, 6.07) is 10.8. The molecule has 0 saturated carbocycles. The summed E-state index contributed by atoms with van der Waals surface area (Å²) in [4.78, 5) is 28.8. The van der Waals surface area contributed by atoms with E-state index in [0.717, 1.165) is 6.54 Å². The highest BCUT2D eigenvalue weighted by atomic mass is 35.5. The van der Waals surface area contributed by atoms with E-state index in [-0.39, 0.29) is 24.4 Å². The zero-order valence-electron chi connectivity index (χ0n) is 15.6. The Bertz CT molecular complexity index is 846. The Morgan fingerprint density at radius 1 is 1.36 bits per heavy atom. The molecule has 1 aliphatic heterocycles. The molecule has 1 aromatic carbocycles. The van der Waals surface area contributed by atoms with Crippen LogP contribution in [0.2, 0.25) is 5.02 Å². The third kappa shape index (κ3) is 4.99. The molecule has 1 aliphatic rings. The first-order valence-corrected chi connectivity index (χ1v) is 9.58. The van der Waals surface area contributed by atoms with Crippen LogP contribution in [0.5, 0.6) is 0 Å². The van der Waals surface area contributed by atoms with E-state index in [4.69, 9.17) is 17.3 Å². The monoisotopic (exact) mass is 401 g/mol. The average molecular weight is 402 g/mol. The predicted octanol–water partition coefficient (Wildman–Crippen LogP) is 1.58. The van der Waals surface area contributed by atoms with Gasteiger partial charge in [0.05, 0.1) is 11.1 Å². The van der Waals surface area contributed by atoms with Crippen LogP contribution in [0.4, 0.5) is 5.82 Å². The van der Waals surface area contributed by atoms with Crippen molar-refractivity contribution in [2.24, 2.45) is 0 Å². The highest BCUT2D eigenvalue weighted by molar-refractivity contribution is 6.30. The van der Waals surface area contributed by atoms with Gasteiger partial charge in [-0.15, -0.1) is 0 Å². The van der Waals surface area contributed by atoms with Gasteiger partial charge in [0.2, 0.25) is 11.8 Å². The minimum Gasteiger partial charge on any atom is -0.383 e. The lowest BCUT2D eigenvalue weighted by Gasteiger charge is -2.17. The summed E-state index contributed by atoms with van der Waals surface area (Å²) in [5.74, 6) is 0.123. The van der Waals surface area contributed by atoms with E-state index >= 15 is 0 Å². The molecule has 3 rings (SSSR count). The topological polar surface area (TPSA) is 109 Å². The van der Waals surface area contributed by atoms with E-state index in [9.17, 15) is 9.59 Å². The maximum atomic E-state index is 12.5. The van der Waals surface area contributed by atoms with Crippen molar-refractivity contribution < 1.29 is 9.59 Å². The SMILES string of the molecule is C[C@H](NC(=O)[C@H]1CC(c2ccccc2)CN1)C(=O)NCc1cc(Cl)cnc1N. The maximum Gasteiger partial charge on any atom is 0.242 e. The van der Waals surface area contributed by atoms with Crippen molar-refractivity contribution in [3.05, 3.63) is 58.7 Å². The largest absolute Gasteiger partial charge is 0.383 e. The normalized spacial score (nSPS) is 19.8. The smallest absolute Gasteiger partial charge is 0.242 e. The lowest BCUT2D eigenvalue weighted by Crippen LogP contribution is -2.49. The number of nitrogen functional groups attached to an aromatic ring is 1. The van der Waals surface area contributed by atoms with Crippen molar-refractivity contribution in [2.75, 3.05) is 12.3 Å². The number of carbonyl (C=O) groups excluding carboxylic acids is 2. The molecule has 7 nitrogen and oxygen atoms in total. The molecule has 3 atom stereocenters. The fourth-order valence-electron chi connectivity index (χ4n) is 3.26. The standard InChI is InChI=1S/C20H24ClN5O2/c1-12(19(27)25-10-15-7-16(21)11-24-18(15)22)26-20(28)17-8-14(9-23-17)13-5-3-2-4-6-13/h2-7,11-12,14,17,23H,8-10H2,1H3,(H2,22,24)(H,25,27)(H,26,28)/t12-,14?,17+/m0/s1. The fraction of sp³-hybridized carbons (Fsp3) is 0.350. The zero-order chi connectivity index (χ0) is 20.1. The van der Waals surface area contributed by atoms with E-state index in [1.54, 1.807) is 13.0 Å². The molecule has 1 unspecified atom stereocenters. The number of hydrogen-bond acceptors (Lipinski definition) is 5. The van der Waals surface area contributed by atoms with E-state index in [2.05, 4.69) is 33.1 Å². The number of halogens is 1. The van der Waals surface area contributed by atoms with Crippen LogP contribution in [0.3, 0.4) is 0 Å². The van der Waals surface area contributed by atoms with Gasteiger partial charge < -0.3 is 21.7 Å². The van der Waals surface area contributed by atoms with E-state index in [1.807, 2.05) is 18.2 Å². The Kier molecular flexibility index (Phi) is 6.49. The van der Waals surface area contributed by atoms with Crippen LogP contribution >= 0.6 is 11.6 Å². The van der Waals surface area contributed by atoms with Crippen LogP contribution in [0.25, 0.3) is 0 Å². The third-order valence-electron chi connectivity index (χ3n) is 4.89. The number of nitrogens with one attached hydrogen (secondary N) is 3. The molecule has 0 radical (unpaired) electrons. The number of anilines is 1. The van der Waals surface area contributed by atoms with Crippen molar-refractivity contribution in [1.82, 2.24) is 20.9 Å². The van der Waals surface area contributed by atoms with Crippen LogP contribution in [0, 0.1) is 0 Å². The Morgan fingerprint density at radius 3 is 2.86 bits per heavy atom. The second-order valence-corrected chi connectivity index (χ2v) is 7.39. The number of benzene rings is 1. The molecule has 5 N–H and O–H groups in total. The van der Waals surface area contributed by atoms with Gasteiger partial charge in [-0.1, -0.05) is 41.9 Å². The highest BCUT2D eigenvalue weighted by Crippen LogP contribution is 2.25. The number of pyridine rings is 1. The number of carbonyl (C=O) groups is 2. The summed E-state index contributed by atoms with van der Waals surface area (Å²) in [7, 11) is 0. The molecule has 8 heteroatoms. The van der Waals surface area contributed by atoms with Gasteiger partial charge in [-0.05, 0) is 30.9 Å². The van der Waals surface area contributed by atoms with Gasteiger partial charge in [-0.2, -0.15) is 0 Å². The lowest BCUT2D eigenvalue weighted by molar-refractivity contribution is -0.129. The Hall–Kier alpha value is -2.64. The fourth-order valence-corrected chi connectivity index (χ4v) is 3.44. The van der Waals surface area contributed by atoms with Crippen LogP contribution < -0.4 is 21.7 Å². The van der Waals surface area contributed by atoms with Crippen LogP contribution in [-0.4, -0.2) is 35.4 Å². The average Bonchev–Trinajstić information content (AvgIpc) is 3.19. The molecule has 0 bridgehead atoms. The molecule has 2 amide bonds. The maximum absolute atomic E-state index is 12.5. The number of nitrogens with two attached hydrogens (primary N) is 1. The van der Waals surface area contributed by atoms with Crippen LogP contribution in [-0.2, 0) is 16.1 Å². The molecule has 2 aromatic rings. The summed E-state index contributed by atoms with van der Waals surface area (Å²) in [5, 5.41) is 9.20. The van der Waals surface area contributed by atoms with Gasteiger partial charge in [-0.25, -0.2) is 4.98 Å². The lowest BCUT2D eigenvalue weighted by atomic mass is 9.96. The van der Waals surface area contributed by atoms with Gasteiger partial charge in [-0.3, -0.25) is 9.59 Å². The van der Waals surface area contributed by atoms with Gasteiger partial charge in [0, 0.05) is 24.8 Å². The molecule has 0 spiro atoms. The summed E-state index contributed by atoms with van der Waals surface area (Å²) < 4.78 is 0. The van der Waals surface area contributed by atoms with E-state index < -0.39 is 6.04 Å². The van der Waals surface area contributed by atoms with Gasteiger partial charge in [0.15, 0.2) is 0 Å². The first kappa shape index (κ1) is 20.1. The quantitative estimate of drug-likeness (QED) is 0.587. The number of hydrogen-bond donors (Lipinski definition) is 4. The molecule has 28 heavy (non-hydrogen) atoms. The highest BCUT2D eigenvalue weighted by Gasteiger charge is 2.31. The second-order valence-electron chi connectivity index (χ2n) is 6.95. The predicted molar refractivity (Wildman–Crippen MR) is 109 cm³/mol. The van der Waals surface area contributed by atoms with Gasteiger partial charge >= 0.3 is 0 Å². The van der Waals surface area contributed by atoms with Crippen molar-refractivity contribution >= 4 is 29.2 Å². The second kappa shape index (κ2) is 9.03. The Labute approximate surface area is 169 Å². The summed E-state index contributed by atoms with van der Waals surface area (Å²) >= 11 is 5.90. The van der Waals surface area contributed by atoms with E-state index in [0.29, 0.717) is 28.7 Å². The number of rotatable bonds is 6. The number of nitrogens with zero attached hydrogens (tertiary/aromatic N) is 1. The molecule has 148 valence electrons. The van der Waals surface area contributed by atoms with Crippen molar-refractivity contribution in [3.8, 4) is 0 Å². The first-order chi connectivity index (χ1) is 13.4. The number of aromatic nitrogens is 1. The molecule has 0 aliphatic carbocycles. The number of amides is 2. The summed E-state index contributed by atoms with van der Waals surface area (Å²) in [6.07, 6.45) is 2.15. The first-order valence-electron chi connectivity index (χ1n) is 9.20. The minimum atomic E-state index is -0.668. The van der Waals surface area contributed by atoms with Gasteiger partial charge in [0.1, 0.15) is 11.9 Å². The molecule has 2 heterocycles. The van der Waals surface area contributed by atoms with Crippen LogP contribution in [0.15, 0.2) is 42.6 Å². The van der Waals surface area contributed by atoms with Crippen molar-refractivity contribution in [2.45, 2.75) is 37.9 Å². The Balaban J connectivity index is 1.48. The third-order valence-corrected chi connectivity index (χ3v) is 5.10. The molecular weight excluding hydrogens is 378 g/mol. The van der Waals surface area contributed by atoms with Crippen molar-refractivity contribution in [1.29, 1.82) is 0 Å². The zero-order valence-corrected chi connectivity index (χ0v) is 16.4. The molecule has 1 saturated heterocycles. The summed E-state index contributed by atoms with van der Waals surface area (Å²) in [6.45, 7) is 2.58. The van der Waals surface area contributed by atoms with E-state index in [1.165, 1.54) is 11.8 Å². The Morgan fingerprint density at radius 2 is 2.11 bits per heavy atom. The molecular formula is C20H24ClN5O2. The van der Waals surface area contributed by atoms with Crippen molar-refractivity contribution in [3.63, 3.8) is 0 Å². The summed E-state index contributed by atoms with van der Waals surface area (Å²) in [5.41, 5.74) is 7.62. The minimum absolute atomic E-state index is 0.176. The van der Waals surface area contributed by atoms with Crippen LogP contribution in [0.1, 0.15) is 30.4 Å².